The molecule has 162 valence electrons. The smallest absolute Gasteiger partial charge is 0.221 e. The number of hydrogen-bond acceptors (Lipinski definition) is 2. The number of benzene rings is 3. The van der Waals surface area contributed by atoms with Crippen molar-refractivity contribution in [2.24, 2.45) is 0 Å². The fraction of sp³-hybridized carbons (Fsp3) is 0.154. The van der Waals surface area contributed by atoms with E-state index in [1.165, 1.54) is 0 Å². The lowest BCUT2D eigenvalue weighted by molar-refractivity contribution is -0.121. The van der Waals surface area contributed by atoms with E-state index in [9.17, 15) is 4.79 Å². The van der Waals surface area contributed by atoms with Crippen LogP contribution in [0.5, 0.6) is 0 Å². The van der Waals surface area contributed by atoms with Gasteiger partial charge in [0.2, 0.25) is 5.91 Å². The summed E-state index contributed by atoms with van der Waals surface area (Å²) < 4.78 is 0. The topological polar surface area (TPSA) is 57.8 Å². The molecule has 0 saturated heterocycles. The largest absolute Gasteiger partial charge is 0.350 e. The first-order valence-corrected chi connectivity index (χ1v) is 11.1. The van der Waals surface area contributed by atoms with Crippen molar-refractivity contribution in [3.8, 4) is 11.1 Å². The van der Waals surface area contributed by atoms with Gasteiger partial charge in [0.15, 0.2) is 0 Å². The van der Waals surface area contributed by atoms with E-state index in [0.717, 1.165) is 27.8 Å². The van der Waals surface area contributed by atoms with Gasteiger partial charge in [-0.05, 0) is 41.3 Å². The van der Waals surface area contributed by atoms with Crippen LogP contribution in [0, 0.1) is 0 Å². The Bertz CT molecular complexity index is 1180. The van der Waals surface area contributed by atoms with Crippen molar-refractivity contribution in [1.82, 2.24) is 15.5 Å². The van der Waals surface area contributed by atoms with Gasteiger partial charge in [0.05, 0.1) is 22.3 Å². The van der Waals surface area contributed by atoms with Crippen molar-refractivity contribution >= 4 is 29.1 Å². The van der Waals surface area contributed by atoms with Crippen LogP contribution in [-0.4, -0.2) is 16.1 Å². The molecule has 1 aromatic heterocycles. The molecule has 3 aromatic carbocycles. The molecule has 4 aromatic rings. The van der Waals surface area contributed by atoms with E-state index in [-0.39, 0.29) is 17.9 Å². The average Bonchev–Trinajstić information content (AvgIpc) is 3.35. The Morgan fingerprint density at radius 1 is 0.906 bits per heavy atom. The Hall–Kier alpha value is -3.08. The second kappa shape index (κ2) is 10.0. The third-order valence-electron chi connectivity index (χ3n) is 5.56. The highest BCUT2D eigenvalue weighted by atomic mass is 35.5. The van der Waals surface area contributed by atoms with Gasteiger partial charge in [-0.2, -0.15) is 5.10 Å². The second-order valence-corrected chi connectivity index (χ2v) is 8.55. The first-order chi connectivity index (χ1) is 15.5. The molecule has 0 spiro atoms. The Morgan fingerprint density at radius 3 is 2.28 bits per heavy atom. The lowest BCUT2D eigenvalue weighted by Gasteiger charge is -2.21. The molecule has 0 aliphatic carbocycles. The fourth-order valence-corrected chi connectivity index (χ4v) is 4.09. The van der Waals surface area contributed by atoms with E-state index in [1.807, 2.05) is 79.9 Å². The fourth-order valence-electron chi connectivity index (χ4n) is 3.78. The Kier molecular flexibility index (Phi) is 6.93. The molecule has 6 heteroatoms. The number of nitrogens with zero attached hydrogens (tertiary/aromatic N) is 1. The molecule has 0 fully saturated rings. The summed E-state index contributed by atoms with van der Waals surface area (Å²) in [6.45, 7) is 1.99. The molecule has 1 amide bonds. The zero-order chi connectivity index (χ0) is 22.5. The van der Waals surface area contributed by atoms with Crippen LogP contribution in [0.25, 0.3) is 11.1 Å². The van der Waals surface area contributed by atoms with E-state index in [2.05, 4.69) is 15.5 Å². The van der Waals surface area contributed by atoms with E-state index >= 15 is 0 Å². The number of carbonyl (C=O) groups excluding carboxylic acids is 1. The molecule has 32 heavy (non-hydrogen) atoms. The highest BCUT2D eigenvalue weighted by Gasteiger charge is 2.21. The van der Waals surface area contributed by atoms with Gasteiger partial charge in [-0.15, -0.1) is 0 Å². The van der Waals surface area contributed by atoms with Crippen LogP contribution >= 0.6 is 23.2 Å². The van der Waals surface area contributed by atoms with Gasteiger partial charge in [-0.25, -0.2) is 0 Å². The molecular weight excluding hydrogens is 441 g/mol. The van der Waals surface area contributed by atoms with Gasteiger partial charge in [0.25, 0.3) is 0 Å². The molecule has 0 unspecified atom stereocenters. The zero-order valence-electron chi connectivity index (χ0n) is 17.6. The van der Waals surface area contributed by atoms with Crippen molar-refractivity contribution in [2.45, 2.75) is 25.3 Å². The molecule has 4 rings (SSSR count). The number of rotatable bonds is 7. The normalized spacial score (nSPS) is 12.8. The third-order valence-corrected chi connectivity index (χ3v) is 6.30. The molecule has 0 bridgehead atoms. The molecule has 0 aliphatic rings. The number of aromatic nitrogens is 2. The van der Waals surface area contributed by atoms with Gasteiger partial charge < -0.3 is 5.32 Å². The summed E-state index contributed by atoms with van der Waals surface area (Å²) in [6.07, 6.45) is 3.92. The minimum atomic E-state index is -0.161. The van der Waals surface area contributed by atoms with Crippen molar-refractivity contribution in [3.63, 3.8) is 0 Å². The van der Waals surface area contributed by atoms with Crippen molar-refractivity contribution in [1.29, 1.82) is 0 Å². The zero-order valence-corrected chi connectivity index (χ0v) is 19.1. The summed E-state index contributed by atoms with van der Waals surface area (Å²) in [5, 5.41) is 10.9. The van der Waals surface area contributed by atoms with Gasteiger partial charge in [-0.1, -0.05) is 83.9 Å². The summed E-state index contributed by atoms with van der Waals surface area (Å²) in [7, 11) is 0. The first-order valence-electron chi connectivity index (χ1n) is 10.4. The molecule has 4 nitrogen and oxygen atoms in total. The highest BCUT2D eigenvalue weighted by molar-refractivity contribution is 6.42. The summed E-state index contributed by atoms with van der Waals surface area (Å²) in [4.78, 5) is 13.0. The lowest BCUT2D eigenvalue weighted by atomic mass is 9.87. The number of hydrogen-bond donors (Lipinski definition) is 2. The summed E-state index contributed by atoms with van der Waals surface area (Å²) in [6, 6.07) is 23.5. The number of nitrogens with one attached hydrogen (secondary N) is 2. The molecular formula is C26H23Cl2N3O. The summed E-state index contributed by atoms with van der Waals surface area (Å²) >= 11 is 12.4. The van der Waals surface area contributed by atoms with Gasteiger partial charge in [0.1, 0.15) is 0 Å². The van der Waals surface area contributed by atoms with E-state index in [4.69, 9.17) is 23.2 Å². The van der Waals surface area contributed by atoms with Crippen molar-refractivity contribution < 1.29 is 4.79 Å². The Labute approximate surface area is 197 Å². The van der Waals surface area contributed by atoms with Crippen molar-refractivity contribution in [3.05, 3.63) is 112 Å². The summed E-state index contributed by atoms with van der Waals surface area (Å²) in [5.74, 6) is -0.192. The van der Waals surface area contributed by atoms with Crippen LogP contribution < -0.4 is 5.32 Å². The average molecular weight is 464 g/mol. The quantitative estimate of drug-likeness (QED) is 0.317. The van der Waals surface area contributed by atoms with E-state index in [0.29, 0.717) is 16.5 Å². The number of halogens is 2. The maximum Gasteiger partial charge on any atom is 0.221 e. The predicted molar refractivity (Wildman–Crippen MR) is 130 cm³/mol. The monoisotopic (exact) mass is 463 g/mol. The van der Waals surface area contributed by atoms with Crippen LogP contribution in [0.1, 0.15) is 42.0 Å². The number of carbonyl (C=O) groups is 1. The molecule has 0 radical (unpaired) electrons. The lowest BCUT2D eigenvalue weighted by Crippen LogP contribution is -2.28. The van der Waals surface area contributed by atoms with Gasteiger partial charge >= 0.3 is 0 Å². The first kappa shape index (κ1) is 22.1. The maximum atomic E-state index is 13.0. The van der Waals surface area contributed by atoms with Crippen LogP contribution in [0.3, 0.4) is 0 Å². The SMILES string of the molecule is C[C@H](NC(=O)C[C@H](c1ccc(-c2cn[nH]c2)cc1)c1ccc(Cl)c(Cl)c1)c1ccccc1. The minimum absolute atomic E-state index is 0.0312. The van der Waals surface area contributed by atoms with Crippen LogP contribution in [0.15, 0.2) is 85.2 Å². The summed E-state index contributed by atoms with van der Waals surface area (Å²) in [5.41, 5.74) is 5.10. The molecule has 2 atom stereocenters. The maximum absolute atomic E-state index is 13.0. The van der Waals surface area contributed by atoms with Crippen LogP contribution in [-0.2, 0) is 4.79 Å². The number of H-pyrrole nitrogens is 1. The second-order valence-electron chi connectivity index (χ2n) is 7.74. The number of aromatic amines is 1. The highest BCUT2D eigenvalue weighted by Crippen LogP contribution is 2.33. The minimum Gasteiger partial charge on any atom is -0.350 e. The molecule has 0 saturated carbocycles. The Morgan fingerprint density at radius 2 is 1.62 bits per heavy atom. The predicted octanol–water partition coefficient (Wildman–Crippen LogP) is 6.78. The third kappa shape index (κ3) is 5.21. The van der Waals surface area contributed by atoms with Crippen LogP contribution in [0.2, 0.25) is 10.0 Å². The van der Waals surface area contributed by atoms with E-state index in [1.54, 1.807) is 12.3 Å². The standard InChI is InChI=1S/C26H23Cl2N3O/c1-17(18-5-3-2-4-6-18)31-26(32)14-23(21-11-12-24(27)25(28)13-21)20-9-7-19(8-10-20)22-15-29-30-16-22/h2-13,15-17,23H,14H2,1H3,(H,29,30)(H,31,32)/t17-,23+/m0/s1. The van der Waals surface area contributed by atoms with Crippen LogP contribution in [0.4, 0.5) is 0 Å². The van der Waals surface area contributed by atoms with Crippen molar-refractivity contribution in [2.75, 3.05) is 0 Å². The Balaban J connectivity index is 1.59. The van der Waals surface area contributed by atoms with Gasteiger partial charge in [-0.3, -0.25) is 9.89 Å². The number of amides is 1. The molecule has 1 heterocycles. The molecule has 2 N–H and O–H groups in total. The van der Waals surface area contributed by atoms with E-state index < -0.39 is 0 Å². The molecule has 0 aliphatic heterocycles. The van der Waals surface area contributed by atoms with Gasteiger partial charge in [0, 0.05) is 24.1 Å².